The van der Waals surface area contributed by atoms with Gasteiger partial charge in [-0.2, -0.15) is 0 Å². The van der Waals surface area contributed by atoms with Gasteiger partial charge >= 0.3 is 5.97 Å². The molecule has 6 heteroatoms. The monoisotopic (exact) mass is 266 g/mol. The normalized spacial score (nSPS) is 15.3. The van der Waals surface area contributed by atoms with Crippen molar-refractivity contribution in [1.29, 1.82) is 0 Å². The lowest BCUT2D eigenvalue weighted by molar-refractivity contribution is -0.146. The van der Waals surface area contributed by atoms with E-state index in [2.05, 4.69) is 10.3 Å². The molecule has 0 aromatic carbocycles. The highest BCUT2D eigenvalue weighted by molar-refractivity contribution is 5.92. The maximum Gasteiger partial charge on any atom is 0.310 e. The molecule has 0 atom stereocenters. The predicted molar refractivity (Wildman–Crippen MR) is 67.0 cm³/mol. The summed E-state index contributed by atoms with van der Waals surface area (Å²) < 4.78 is 5.46. The van der Waals surface area contributed by atoms with E-state index in [-0.39, 0.29) is 12.3 Å². The van der Waals surface area contributed by atoms with Crippen molar-refractivity contribution in [3.05, 3.63) is 17.3 Å². The molecule has 2 N–H and O–H groups in total. The molecular weight excluding hydrogens is 248 g/mol. The number of carbonyl (C=O) groups excluding carboxylic acids is 1. The van der Waals surface area contributed by atoms with Crippen LogP contribution in [0.25, 0.3) is 0 Å². The number of aryl methyl sites for hydroxylation is 1. The van der Waals surface area contributed by atoms with Crippen LogP contribution < -0.4 is 5.32 Å². The molecule has 1 fully saturated rings. The first kappa shape index (κ1) is 13.6. The standard InChI is InChI=1S/C13H18N2O4/c1-7-9(19-11(15-7)8-4-5-8)10(16)14-6-13(2,3)12(17)18/h8H,4-6H2,1-3H3,(H,14,16)(H,17,18). The van der Waals surface area contributed by atoms with Crippen LogP contribution in [0.3, 0.4) is 0 Å². The number of amides is 1. The molecule has 1 amide bonds. The maximum atomic E-state index is 12.0. The number of nitrogens with zero attached hydrogens (tertiary/aromatic N) is 1. The number of nitrogens with one attached hydrogen (secondary N) is 1. The molecular formula is C13H18N2O4. The van der Waals surface area contributed by atoms with Crippen molar-refractivity contribution in [2.24, 2.45) is 5.41 Å². The third kappa shape index (κ3) is 2.94. The molecule has 6 nitrogen and oxygen atoms in total. The third-order valence-electron chi connectivity index (χ3n) is 3.22. The molecule has 0 aliphatic heterocycles. The molecule has 1 aliphatic rings. The molecule has 1 heterocycles. The molecule has 104 valence electrons. The SMILES string of the molecule is Cc1nc(C2CC2)oc1C(=O)NCC(C)(C)C(=O)O. The first-order valence-electron chi connectivity index (χ1n) is 6.30. The van der Waals surface area contributed by atoms with E-state index in [9.17, 15) is 9.59 Å². The second-order valence-electron chi connectivity index (χ2n) is 5.61. The zero-order valence-corrected chi connectivity index (χ0v) is 11.3. The highest BCUT2D eigenvalue weighted by atomic mass is 16.4. The topological polar surface area (TPSA) is 92.4 Å². The summed E-state index contributed by atoms with van der Waals surface area (Å²) in [5.41, 5.74) is -0.462. The summed E-state index contributed by atoms with van der Waals surface area (Å²) in [6.45, 7) is 4.86. The minimum absolute atomic E-state index is 0.0417. The van der Waals surface area contributed by atoms with Gasteiger partial charge in [0.15, 0.2) is 5.89 Å². The quantitative estimate of drug-likeness (QED) is 0.846. The van der Waals surface area contributed by atoms with Gasteiger partial charge in [0, 0.05) is 12.5 Å². The number of carbonyl (C=O) groups is 2. The Kier molecular flexibility index (Phi) is 3.34. The van der Waals surface area contributed by atoms with Crippen molar-refractivity contribution < 1.29 is 19.1 Å². The summed E-state index contributed by atoms with van der Waals surface area (Å²) in [6.07, 6.45) is 2.10. The van der Waals surface area contributed by atoms with Crippen LogP contribution in [0.4, 0.5) is 0 Å². The van der Waals surface area contributed by atoms with Crippen LogP contribution in [0.15, 0.2) is 4.42 Å². The minimum Gasteiger partial charge on any atom is -0.481 e. The van der Waals surface area contributed by atoms with Gasteiger partial charge < -0.3 is 14.8 Å². The van der Waals surface area contributed by atoms with E-state index in [0.717, 1.165) is 12.8 Å². The van der Waals surface area contributed by atoms with Gasteiger partial charge in [-0.15, -0.1) is 0 Å². The highest BCUT2D eigenvalue weighted by Crippen LogP contribution is 2.40. The van der Waals surface area contributed by atoms with E-state index in [0.29, 0.717) is 17.5 Å². The Morgan fingerprint density at radius 1 is 1.47 bits per heavy atom. The van der Waals surface area contributed by atoms with Crippen LogP contribution in [0, 0.1) is 12.3 Å². The zero-order chi connectivity index (χ0) is 14.2. The van der Waals surface area contributed by atoms with Crippen LogP contribution in [0.2, 0.25) is 0 Å². The highest BCUT2D eigenvalue weighted by Gasteiger charge is 2.32. The maximum absolute atomic E-state index is 12.0. The fourth-order valence-corrected chi connectivity index (χ4v) is 1.59. The number of aliphatic carboxylic acids is 1. The molecule has 0 radical (unpaired) electrons. The van der Waals surface area contributed by atoms with Gasteiger partial charge in [-0.1, -0.05) is 0 Å². The van der Waals surface area contributed by atoms with Crippen molar-refractivity contribution in [2.45, 2.75) is 39.5 Å². The zero-order valence-electron chi connectivity index (χ0n) is 11.3. The van der Waals surface area contributed by atoms with Crippen molar-refractivity contribution in [2.75, 3.05) is 6.54 Å². The molecule has 0 bridgehead atoms. The van der Waals surface area contributed by atoms with E-state index >= 15 is 0 Å². The Morgan fingerprint density at radius 2 is 2.11 bits per heavy atom. The Balaban J connectivity index is 2.02. The number of hydrogen-bond acceptors (Lipinski definition) is 4. The summed E-state index contributed by atoms with van der Waals surface area (Å²) in [5.74, 6) is -0.231. The first-order valence-corrected chi connectivity index (χ1v) is 6.30. The van der Waals surface area contributed by atoms with E-state index in [4.69, 9.17) is 9.52 Å². The molecule has 0 unspecified atom stereocenters. The van der Waals surface area contributed by atoms with Gasteiger partial charge in [0.2, 0.25) is 5.76 Å². The molecule has 1 aromatic heterocycles. The largest absolute Gasteiger partial charge is 0.481 e. The van der Waals surface area contributed by atoms with Crippen LogP contribution in [0.1, 0.15) is 54.7 Å². The second kappa shape index (κ2) is 4.68. The van der Waals surface area contributed by atoms with Crippen molar-refractivity contribution in [1.82, 2.24) is 10.3 Å². The lowest BCUT2D eigenvalue weighted by atomic mass is 9.94. The van der Waals surface area contributed by atoms with E-state index in [1.807, 2.05) is 0 Å². The minimum atomic E-state index is -1.01. The number of rotatable bonds is 5. The molecule has 1 aliphatic carbocycles. The predicted octanol–water partition coefficient (Wildman–Crippen LogP) is 1.70. The Hall–Kier alpha value is -1.85. The van der Waals surface area contributed by atoms with Crippen molar-refractivity contribution >= 4 is 11.9 Å². The molecule has 19 heavy (non-hydrogen) atoms. The smallest absolute Gasteiger partial charge is 0.310 e. The first-order chi connectivity index (χ1) is 8.81. The Labute approximate surface area is 111 Å². The van der Waals surface area contributed by atoms with E-state index in [1.165, 1.54) is 0 Å². The van der Waals surface area contributed by atoms with E-state index < -0.39 is 17.3 Å². The fraction of sp³-hybridized carbons (Fsp3) is 0.615. The summed E-state index contributed by atoms with van der Waals surface area (Å²) in [7, 11) is 0. The van der Waals surface area contributed by atoms with Crippen LogP contribution in [-0.4, -0.2) is 28.5 Å². The van der Waals surface area contributed by atoms with E-state index in [1.54, 1.807) is 20.8 Å². The molecule has 1 aromatic rings. The Bertz CT molecular complexity index is 515. The Morgan fingerprint density at radius 3 is 2.63 bits per heavy atom. The lowest BCUT2D eigenvalue weighted by Crippen LogP contribution is -2.39. The lowest BCUT2D eigenvalue weighted by Gasteiger charge is -2.18. The average molecular weight is 266 g/mol. The van der Waals surface area contributed by atoms with Gasteiger partial charge in [0.1, 0.15) is 0 Å². The van der Waals surface area contributed by atoms with Crippen molar-refractivity contribution in [3.63, 3.8) is 0 Å². The summed E-state index contributed by atoms with van der Waals surface area (Å²) in [6, 6.07) is 0. The summed E-state index contributed by atoms with van der Waals surface area (Å²) in [5, 5.41) is 11.6. The third-order valence-corrected chi connectivity index (χ3v) is 3.22. The molecule has 0 spiro atoms. The number of hydrogen-bond donors (Lipinski definition) is 2. The number of oxazole rings is 1. The molecule has 2 rings (SSSR count). The summed E-state index contributed by atoms with van der Waals surface area (Å²) in [4.78, 5) is 27.1. The van der Waals surface area contributed by atoms with Gasteiger partial charge in [0.25, 0.3) is 5.91 Å². The number of aromatic nitrogens is 1. The van der Waals surface area contributed by atoms with Crippen LogP contribution >= 0.6 is 0 Å². The van der Waals surface area contributed by atoms with Crippen molar-refractivity contribution in [3.8, 4) is 0 Å². The molecule has 1 saturated carbocycles. The average Bonchev–Trinajstić information content (AvgIpc) is 3.10. The van der Waals surface area contributed by atoms with Gasteiger partial charge in [-0.3, -0.25) is 9.59 Å². The molecule has 0 saturated heterocycles. The number of carboxylic acid groups (broad SMARTS) is 1. The van der Waals surface area contributed by atoms with Gasteiger partial charge in [-0.25, -0.2) is 4.98 Å². The number of carboxylic acids is 1. The van der Waals surface area contributed by atoms with Gasteiger partial charge in [-0.05, 0) is 33.6 Å². The van der Waals surface area contributed by atoms with Crippen LogP contribution in [0.5, 0.6) is 0 Å². The van der Waals surface area contributed by atoms with Gasteiger partial charge in [0.05, 0.1) is 11.1 Å². The second-order valence-corrected chi connectivity index (χ2v) is 5.61. The van der Waals surface area contributed by atoms with Crippen LogP contribution in [-0.2, 0) is 4.79 Å². The fourth-order valence-electron chi connectivity index (χ4n) is 1.59. The summed E-state index contributed by atoms with van der Waals surface area (Å²) >= 11 is 0.